The summed E-state index contributed by atoms with van der Waals surface area (Å²) in [5, 5.41) is 120. The van der Waals surface area contributed by atoms with Crippen molar-refractivity contribution in [2.45, 2.75) is 298 Å². The lowest BCUT2D eigenvalue weighted by Crippen LogP contribution is -2.66. The summed E-state index contributed by atoms with van der Waals surface area (Å²) in [5.74, 6) is -0.293. The Balaban J connectivity index is 1.47. The van der Waals surface area contributed by atoms with E-state index in [-0.39, 0.29) is 18.9 Å². The highest BCUT2D eigenvalue weighted by Crippen LogP contribution is 2.33. The van der Waals surface area contributed by atoms with Crippen molar-refractivity contribution in [2.75, 3.05) is 26.4 Å². The van der Waals surface area contributed by atoms with Crippen molar-refractivity contribution in [3.05, 3.63) is 24.3 Å². The Labute approximate surface area is 448 Å². The molecule has 17 unspecified atom stereocenters. The maximum absolute atomic E-state index is 13.1. The van der Waals surface area contributed by atoms with Crippen molar-refractivity contribution in [1.82, 2.24) is 5.32 Å². The number of amides is 1. The van der Waals surface area contributed by atoms with E-state index in [0.29, 0.717) is 12.8 Å². The third kappa shape index (κ3) is 25.1. The van der Waals surface area contributed by atoms with Gasteiger partial charge in [-0.05, 0) is 32.1 Å². The molecule has 0 spiro atoms. The highest BCUT2D eigenvalue weighted by Gasteiger charge is 2.53. The number of hydrogen-bond donors (Lipinski definition) is 12. The summed E-state index contributed by atoms with van der Waals surface area (Å²) in [6.07, 6.45) is 13.6. The normalized spacial score (nSPS) is 31.3. The number of ether oxygens (including phenoxy) is 6. The van der Waals surface area contributed by atoms with Gasteiger partial charge in [0.15, 0.2) is 18.9 Å². The average Bonchev–Trinajstić information content (AvgIpc) is 3.41. The minimum Gasteiger partial charge on any atom is -0.394 e. The second-order valence-corrected chi connectivity index (χ2v) is 21.1. The van der Waals surface area contributed by atoms with Gasteiger partial charge in [0.05, 0.1) is 38.6 Å². The quantitative estimate of drug-likeness (QED) is 0.0298. The van der Waals surface area contributed by atoms with Gasteiger partial charge >= 0.3 is 0 Å². The van der Waals surface area contributed by atoms with E-state index >= 15 is 0 Å². The lowest BCUT2D eigenvalue weighted by Gasteiger charge is -2.48. The lowest BCUT2D eigenvalue weighted by atomic mass is 9.96. The number of carbonyl (C=O) groups excluding carboxylic acids is 1. The van der Waals surface area contributed by atoms with Crippen LogP contribution < -0.4 is 5.32 Å². The molecule has 3 saturated heterocycles. The third-order valence-corrected chi connectivity index (χ3v) is 14.8. The highest BCUT2D eigenvalue weighted by molar-refractivity contribution is 5.76. The van der Waals surface area contributed by atoms with Crippen LogP contribution in [0.3, 0.4) is 0 Å². The second-order valence-electron chi connectivity index (χ2n) is 21.1. The van der Waals surface area contributed by atoms with E-state index in [4.69, 9.17) is 28.4 Å². The SMILES string of the molecule is CCCCCCCCCCCCCCCCCCC/C=C/CC/C=C/C(O)C(COC1OC(CO)C(OC2OC(CO)C(OC3OC(CO)C(O)C(O)C3O)C(O)C2O)C(O)C1O)NC(=O)CCCCCCCCC. The van der Waals surface area contributed by atoms with Crippen LogP contribution in [0.1, 0.15) is 194 Å². The smallest absolute Gasteiger partial charge is 0.220 e. The van der Waals surface area contributed by atoms with E-state index in [0.717, 1.165) is 51.4 Å². The fraction of sp³-hybridized carbons (Fsp3) is 0.911. The van der Waals surface area contributed by atoms with Crippen molar-refractivity contribution in [3.8, 4) is 0 Å². The van der Waals surface area contributed by atoms with Gasteiger partial charge in [0.2, 0.25) is 5.91 Å². The average molecular weight is 1080 g/mol. The summed E-state index contributed by atoms with van der Waals surface area (Å²) in [4.78, 5) is 13.1. The van der Waals surface area contributed by atoms with Crippen LogP contribution in [0.2, 0.25) is 0 Å². The summed E-state index contributed by atoms with van der Waals surface area (Å²) in [6, 6.07) is -0.983. The Hall–Kier alpha value is -1.73. The van der Waals surface area contributed by atoms with Crippen LogP contribution in [-0.2, 0) is 33.2 Å². The molecule has 3 rings (SSSR count). The van der Waals surface area contributed by atoms with E-state index in [1.807, 2.05) is 6.08 Å². The number of carbonyl (C=O) groups is 1. The monoisotopic (exact) mass is 1080 g/mol. The van der Waals surface area contributed by atoms with Crippen LogP contribution in [0.5, 0.6) is 0 Å². The molecule has 3 aliphatic heterocycles. The molecule has 440 valence electrons. The van der Waals surface area contributed by atoms with E-state index < -0.39 is 124 Å². The van der Waals surface area contributed by atoms with Crippen LogP contribution in [0.15, 0.2) is 24.3 Å². The van der Waals surface area contributed by atoms with Gasteiger partial charge < -0.3 is 89.9 Å². The molecule has 0 aromatic carbocycles. The van der Waals surface area contributed by atoms with Gasteiger partial charge in [-0.3, -0.25) is 4.79 Å². The molecular weight excluding hydrogens is 975 g/mol. The third-order valence-electron chi connectivity index (χ3n) is 14.8. The van der Waals surface area contributed by atoms with Crippen molar-refractivity contribution in [2.24, 2.45) is 0 Å². The van der Waals surface area contributed by atoms with Gasteiger partial charge in [0.1, 0.15) is 73.2 Å². The Bertz CT molecular complexity index is 1480. The Kier molecular flexibility index (Phi) is 36.4. The summed E-state index contributed by atoms with van der Waals surface area (Å²) >= 11 is 0. The number of aliphatic hydroxyl groups excluding tert-OH is 11. The maximum atomic E-state index is 13.1. The van der Waals surface area contributed by atoms with Crippen LogP contribution in [0.4, 0.5) is 0 Å². The molecule has 0 aromatic rings. The van der Waals surface area contributed by atoms with Crippen molar-refractivity contribution >= 4 is 5.91 Å². The summed E-state index contributed by atoms with van der Waals surface area (Å²) < 4.78 is 34.1. The fourth-order valence-electron chi connectivity index (χ4n) is 9.91. The Morgan fingerprint density at radius 1 is 0.467 bits per heavy atom. The molecule has 12 N–H and O–H groups in total. The van der Waals surface area contributed by atoms with E-state index in [1.54, 1.807) is 6.08 Å². The number of nitrogens with one attached hydrogen (secondary N) is 1. The van der Waals surface area contributed by atoms with E-state index in [1.165, 1.54) is 109 Å². The van der Waals surface area contributed by atoms with Crippen LogP contribution in [0, 0.1) is 0 Å². The molecule has 19 nitrogen and oxygen atoms in total. The van der Waals surface area contributed by atoms with E-state index in [2.05, 4.69) is 31.3 Å². The molecule has 0 saturated carbocycles. The molecule has 3 fully saturated rings. The standard InChI is InChI=1S/C56H103NO18/c1-3-5-7-9-11-12-13-14-15-16-17-18-19-20-21-22-23-24-25-26-28-29-31-33-40(61)39(57-44(62)34-32-30-27-10-8-6-4-2)38-70-54-50(68)47(65)52(42(36-59)72-54)75-56-51(69)48(66)53(43(37-60)73-56)74-55-49(67)46(64)45(63)41(35-58)71-55/h25-26,31,33,39-43,45-56,58-61,63-69H,3-24,27-30,32,34-38H2,1-2H3,(H,57,62)/b26-25+,33-31+. The van der Waals surface area contributed by atoms with Crippen molar-refractivity contribution in [3.63, 3.8) is 0 Å². The first-order valence-electron chi connectivity index (χ1n) is 29.1. The zero-order chi connectivity index (χ0) is 54.8. The molecule has 0 aliphatic carbocycles. The van der Waals surface area contributed by atoms with Gasteiger partial charge in [-0.1, -0.05) is 179 Å². The van der Waals surface area contributed by atoms with Gasteiger partial charge in [0.25, 0.3) is 0 Å². The lowest BCUT2D eigenvalue weighted by molar-refractivity contribution is -0.379. The number of aliphatic hydroxyl groups is 11. The molecule has 0 radical (unpaired) electrons. The summed E-state index contributed by atoms with van der Waals surface area (Å²) in [6.45, 7) is 1.64. The van der Waals surface area contributed by atoms with Crippen molar-refractivity contribution < 1.29 is 89.4 Å². The van der Waals surface area contributed by atoms with Gasteiger partial charge in [-0.25, -0.2) is 0 Å². The largest absolute Gasteiger partial charge is 0.394 e. The molecule has 3 aliphatic rings. The highest BCUT2D eigenvalue weighted by atomic mass is 16.8. The van der Waals surface area contributed by atoms with Gasteiger partial charge in [0, 0.05) is 6.42 Å². The number of hydrogen-bond acceptors (Lipinski definition) is 18. The zero-order valence-corrected chi connectivity index (χ0v) is 45.5. The molecule has 1 amide bonds. The molecule has 19 heteroatoms. The second kappa shape index (κ2) is 40.4. The van der Waals surface area contributed by atoms with E-state index in [9.17, 15) is 61.0 Å². The number of unbranched alkanes of at least 4 members (excludes halogenated alkanes) is 24. The number of rotatable bonds is 42. The first kappa shape index (κ1) is 67.5. The van der Waals surface area contributed by atoms with Gasteiger partial charge in [-0.2, -0.15) is 0 Å². The number of allylic oxidation sites excluding steroid dienone is 3. The van der Waals surface area contributed by atoms with Crippen LogP contribution >= 0.6 is 0 Å². The first-order valence-corrected chi connectivity index (χ1v) is 29.1. The molecule has 75 heavy (non-hydrogen) atoms. The van der Waals surface area contributed by atoms with Crippen LogP contribution in [0.25, 0.3) is 0 Å². The predicted octanol–water partition coefficient (Wildman–Crippen LogP) is 4.37. The minimum atomic E-state index is -1.98. The first-order chi connectivity index (χ1) is 36.3. The Morgan fingerprint density at radius 2 is 0.853 bits per heavy atom. The molecular formula is C56H103NO18. The topological polar surface area (TPSA) is 307 Å². The summed E-state index contributed by atoms with van der Waals surface area (Å²) in [5.41, 5.74) is 0. The molecule has 17 atom stereocenters. The van der Waals surface area contributed by atoms with Crippen molar-refractivity contribution in [1.29, 1.82) is 0 Å². The molecule has 0 bridgehead atoms. The predicted molar refractivity (Wildman–Crippen MR) is 282 cm³/mol. The van der Waals surface area contributed by atoms with Gasteiger partial charge in [-0.15, -0.1) is 0 Å². The van der Waals surface area contributed by atoms with Crippen LogP contribution in [-0.4, -0.2) is 193 Å². The molecule has 3 heterocycles. The fourth-order valence-corrected chi connectivity index (χ4v) is 9.91. The zero-order valence-electron chi connectivity index (χ0n) is 45.5. The molecule has 0 aromatic heterocycles. The summed E-state index contributed by atoms with van der Waals surface area (Å²) in [7, 11) is 0. The Morgan fingerprint density at radius 3 is 1.33 bits per heavy atom. The minimum absolute atomic E-state index is 0.235. The maximum Gasteiger partial charge on any atom is 0.220 e.